The van der Waals surface area contributed by atoms with E-state index in [9.17, 15) is 4.79 Å². The van der Waals surface area contributed by atoms with E-state index in [2.05, 4.69) is 4.90 Å². The average molecular weight is 262 g/mol. The van der Waals surface area contributed by atoms with Crippen molar-refractivity contribution in [1.29, 1.82) is 0 Å². The molecule has 1 aromatic carbocycles. The standard InChI is InChI=1S/C13H14N2O2S/c14-13(16)12-11(15-5-7-17-8-6-15)9-3-1-2-4-10(9)18-12/h1-4H,5-8H2,(H2,14,16). The lowest BCUT2D eigenvalue weighted by atomic mass is 10.2. The molecule has 0 spiro atoms. The number of nitrogens with two attached hydrogens (primary N) is 1. The first-order valence-electron chi connectivity index (χ1n) is 5.91. The highest BCUT2D eigenvalue weighted by atomic mass is 32.1. The third-order valence-electron chi connectivity index (χ3n) is 3.12. The summed E-state index contributed by atoms with van der Waals surface area (Å²) in [6.45, 7) is 3.01. The number of nitrogens with zero attached hydrogens (tertiary/aromatic N) is 1. The van der Waals surface area contributed by atoms with E-state index in [0.29, 0.717) is 18.1 Å². The van der Waals surface area contributed by atoms with Gasteiger partial charge in [0.2, 0.25) is 0 Å². The molecule has 1 aromatic heterocycles. The predicted molar refractivity (Wildman–Crippen MR) is 73.4 cm³/mol. The summed E-state index contributed by atoms with van der Waals surface area (Å²) in [6, 6.07) is 8.04. The molecule has 18 heavy (non-hydrogen) atoms. The molecule has 4 nitrogen and oxygen atoms in total. The smallest absolute Gasteiger partial charge is 0.260 e. The van der Waals surface area contributed by atoms with Crippen LogP contribution in [0.15, 0.2) is 24.3 Å². The summed E-state index contributed by atoms with van der Waals surface area (Å²) < 4.78 is 6.46. The van der Waals surface area contributed by atoms with E-state index >= 15 is 0 Å². The third-order valence-corrected chi connectivity index (χ3v) is 4.29. The number of hydrogen-bond donors (Lipinski definition) is 1. The summed E-state index contributed by atoms with van der Waals surface area (Å²) in [4.78, 5) is 14.5. The molecule has 5 heteroatoms. The van der Waals surface area contributed by atoms with Crippen LogP contribution in [0.4, 0.5) is 5.69 Å². The Balaban J connectivity index is 2.17. The molecule has 2 aromatic rings. The number of ether oxygens (including phenoxy) is 1. The molecule has 0 aliphatic carbocycles. The summed E-state index contributed by atoms with van der Waals surface area (Å²) in [5.74, 6) is -0.349. The van der Waals surface area contributed by atoms with E-state index in [1.165, 1.54) is 11.3 Å². The molecule has 0 bridgehead atoms. The van der Waals surface area contributed by atoms with Crippen LogP contribution in [0.1, 0.15) is 9.67 Å². The van der Waals surface area contributed by atoms with Crippen LogP contribution in [-0.4, -0.2) is 32.2 Å². The first-order valence-corrected chi connectivity index (χ1v) is 6.73. The van der Waals surface area contributed by atoms with Crippen molar-refractivity contribution in [3.63, 3.8) is 0 Å². The SMILES string of the molecule is NC(=O)c1sc2ccccc2c1N1CCOCC1. The Hall–Kier alpha value is -1.59. The summed E-state index contributed by atoms with van der Waals surface area (Å²) in [5.41, 5.74) is 6.48. The summed E-state index contributed by atoms with van der Waals surface area (Å²) in [5, 5.41) is 1.11. The minimum Gasteiger partial charge on any atom is -0.378 e. The van der Waals surface area contributed by atoms with Crippen LogP contribution in [-0.2, 0) is 4.74 Å². The van der Waals surface area contributed by atoms with Crippen LogP contribution in [0.5, 0.6) is 0 Å². The van der Waals surface area contributed by atoms with Crippen molar-refractivity contribution in [2.75, 3.05) is 31.2 Å². The first-order chi connectivity index (χ1) is 8.77. The largest absolute Gasteiger partial charge is 0.378 e. The monoisotopic (exact) mass is 262 g/mol. The van der Waals surface area contributed by atoms with Crippen LogP contribution in [0, 0.1) is 0 Å². The normalized spacial score (nSPS) is 16.1. The van der Waals surface area contributed by atoms with E-state index in [1.54, 1.807) is 0 Å². The maximum absolute atomic E-state index is 11.6. The number of primary amides is 1. The second-order valence-electron chi connectivity index (χ2n) is 4.24. The van der Waals surface area contributed by atoms with E-state index in [1.807, 2.05) is 24.3 Å². The number of fused-ring (bicyclic) bond motifs is 1. The topological polar surface area (TPSA) is 55.6 Å². The Morgan fingerprint density at radius 1 is 1.28 bits per heavy atom. The Bertz CT molecular complexity index is 588. The van der Waals surface area contributed by atoms with Crippen LogP contribution in [0.3, 0.4) is 0 Å². The minimum absolute atomic E-state index is 0.349. The minimum atomic E-state index is -0.349. The lowest BCUT2D eigenvalue weighted by molar-refractivity contribution is 0.100. The maximum atomic E-state index is 11.6. The number of morpholine rings is 1. The zero-order chi connectivity index (χ0) is 12.5. The number of thiophene rings is 1. The molecule has 1 amide bonds. The van der Waals surface area contributed by atoms with Crippen molar-refractivity contribution < 1.29 is 9.53 Å². The fourth-order valence-corrected chi connectivity index (χ4v) is 3.38. The Morgan fingerprint density at radius 2 is 2.00 bits per heavy atom. The molecule has 0 radical (unpaired) electrons. The molecule has 1 aliphatic rings. The van der Waals surface area contributed by atoms with Crippen LogP contribution >= 0.6 is 11.3 Å². The van der Waals surface area contributed by atoms with Gasteiger partial charge in [-0.05, 0) is 6.07 Å². The molecule has 1 aliphatic heterocycles. The highest BCUT2D eigenvalue weighted by Crippen LogP contribution is 2.38. The van der Waals surface area contributed by atoms with Crippen LogP contribution in [0.25, 0.3) is 10.1 Å². The molecule has 1 fully saturated rings. The van der Waals surface area contributed by atoms with Gasteiger partial charge >= 0.3 is 0 Å². The Kier molecular flexibility index (Phi) is 2.93. The molecule has 0 unspecified atom stereocenters. The molecule has 0 saturated carbocycles. The van der Waals surface area contributed by atoms with Gasteiger partial charge in [-0.3, -0.25) is 4.79 Å². The second-order valence-corrected chi connectivity index (χ2v) is 5.29. The van der Waals surface area contributed by atoms with Gasteiger partial charge in [-0.15, -0.1) is 11.3 Å². The van der Waals surface area contributed by atoms with Crippen molar-refractivity contribution in [2.24, 2.45) is 5.73 Å². The van der Waals surface area contributed by atoms with Gasteiger partial charge in [-0.25, -0.2) is 0 Å². The van der Waals surface area contributed by atoms with Crippen molar-refractivity contribution in [1.82, 2.24) is 0 Å². The van der Waals surface area contributed by atoms with Crippen LogP contribution < -0.4 is 10.6 Å². The van der Waals surface area contributed by atoms with Crippen molar-refractivity contribution in [3.8, 4) is 0 Å². The van der Waals surface area contributed by atoms with Crippen LogP contribution in [0.2, 0.25) is 0 Å². The van der Waals surface area contributed by atoms with Gasteiger partial charge < -0.3 is 15.4 Å². The Morgan fingerprint density at radius 3 is 2.72 bits per heavy atom. The number of amides is 1. The number of carbonyl (C=O) groups is 1. The van der Waals surface area contributed by atoms with E-state index in [0.717, 1.165) is 28.9 Å². The van der Waals surface area contributed by atoms with Crippen molar-refractivity contribution in [3.05, 3.63) is 29.1 Å². The van der Waals surface area contributed by atoms with Crippen molar-refractivity contribution >= 4 is 33.0 Å². The molecule has 3 rings (SSSR count). The molecule has 1 saturated heterocycles. The fourth-order valence-electron chi connectivity index (χ4n) is 2.30. The lowest BCUT2D eigenvalue weighted by Crippen LogP contribution is -2.37. The first kappa shape index (κ1) is 11.5. The third kappa shape index (κ3) is 1.85. The number of rotatable bonds is 2. The van der Waals surface area contributed by atoms with E-state index < -0.39 is 0 Å². The van der Waals surface area contributed by atoms with Crippen molar-refractivity contribution in [2.45, 2.75) is 0 Å². The molecular formula is C13H14N2O2S. The molecule has 2 N–H and O–H groups in total. The van der Waals surface area contributed by atoms with Gasteiger partial charge in [0.1, 0.15) is 4.88 Å². The second kappa shape index (κ2) is 4.59. The summed E-state index contributed by atoms with van der Waals surface area (Å²) in [6.07, 6.45) is 0. The zero-order valence-corrected chi connectivity index (χ0v) is 10.7. The average Bonchev–Trinajstić information content (AvgIpc) is 2.79. The quantitative estimate of drug-likeness (QED) is 0.898. The molecular weight excluding hydrogens is 248 g/mol. The lowest BCUT2D eigenvalue weighted by Gasteiger charge is -2.29. The van der Waals surface area contributed by atoms with Gasteiger partial charge in [0.25, 0.3) is 5.91 Å². The predicted octanol–water partition coefficient (Wildman–Crippen LogP) is 1.84. The zero-order valence-electron chi connectivity index (χ0n) is 9.89. The summed E-state index contributed by atoms with van der Waals surface area (Å²) in [7, 11) is 0. The highest BCUT2D eigenvalue weighted by Gasteiger charge is 2.22. The van der Waals surface area contributed by atoms with Gasteiger partial charge in [0.15, 0.2) is 0 Å². The molecule has 2 heterocycles. The van der Waals surface area contributed by atoms with E-state index in [4.69, 9.17) is 10.5 Å². The molecule has 94 valence electrons. The van der Waals surface area contributed by atoms with Gasteiger partial charge in [-0.2, -0.15) is 0 Å². The molecule has 0 atom stereocenters. The highest BCUT2D eigenvalue weighted by molar-refractivity contribution is 7.21. The van der Waals surface area contributed by atoms with E-state index in [-0.39, 0.29) is 5.91 Å². The number of carbonyl (C=O) groups excluding carboxylic acids is 1. The summed E-state index contributed by atoms with van der Waals surface area (Å²) >= 11 is 1.47. The van der Waals surface area contributed by atoms with Gasteiger partial charge in [0.05, 0.1) is 18.9 Å². The maximum Gasteiger partial charge on any atom is 0.260 e. The fraction of sp³-hybridized carbons (Fsp3) is 0.308. The van der Waals surface area contributed by atoms with Gasteiger partial charge in [0, 0.05) is 23.2 Å². The number of anilines is 1. The number of hydrogen-bond acceptors (Lipinski definition) is 4. The Labute approximate surface area is 109 Å². The van der Waals surface area contributed by atoms with Gasteiger partial charge in [-0.1, -0.05) is 18.2 Å². The number of benzene rings is 1.